The van der Waals surface area contributed by atoms with Crippen LogP contribution < -0.4 is 11.1 Å². The van der Waals surface area contributed by atoms with Gasteiger partial charge in [0.15, 0.2) is 0 Å². The SMILES string of the molecule is N[C@H]1Cc2ccc(NC(=O)c3c(-c4ccccc4)cccc3C(F)(F)F)cc2C1. The van der Waals surface area contributed by atoms with Crippen LogP contribution in [0, 0.1) is 0 Å². The summed E-state index contributed by atoms with van der Waals surface area (Å²) < 4.78 is 41.0. The molecule has 3 N–H and O–H groups in total. The van der Waals surface area contributed by atoms with Gasteiger partial charge in [0.1, 0.15) is 0 Å². The molecule has 0 saturated carbocycles. The van der Waals surface area contributed by atoms with Gasteiger partial charge in [-0.1, -0.05) is 48.5 Å². The summed E-state index contributed by atoms with van der Waals surface area (Å²) in [6, 6.07) is 17.8. The van der Waals surface area contributed by atoms with Gasteiger partial charge in [-0.05, 0) is 53.3 Å². The van der Waals surface area contributed by atoms with Crippen molar-refractivity contribution in [3.8, 4) is 11.1 Å². The fourth-order valence-corrected chi connectivity index (χ4v) is 3.81. The van der Waals surface area contributed by atoms with Gasteiger partial charge < -0.3 is 11.1 Å². The molecule has 0 radical (unpaired) electrons. The Morgan fingerprint density at radius 2 is 1.66 bits per heavy atom. The number of halogens is 3. The third-order valence-corrected chi connectivity index (χ3v) is 5.11. The van der Waals surface area contributed by atoms with Crippen molar-refractivity contribution < 1.29 is 18.0 Å². The van der Waals surface area contributed by atoms with Gasteiger partial charge in [0.05, 0.1) is 11.1 Å². The topological polar surface area (TPSA) is 55.1 Å². The third kappa shape index (κ3) is 3.89. The van der Waals surface area contributed by atoms with E-state index in [2.05, 4.69) is 5.32 Å². The number of hydrogen-bond donors (Lipinski definition) is 2. The van der Waals surface area contributed by atoms with Crippen molar-refractivity contribution >= 4 is 11.6 Å². The van der Waals surface area contributed by atoms with Gasteiger partial charge in [-0.2, -0.15) is 13.2 Å². The Labute approximate surface area is 166 Å². The highest BCUT2D eigenvalue weighted by Gasteiger charge is 2.36. The fourth-order valence-electron chi connectivity index (χ4n) is 3.81. The quantitative estimate of drug-likeness (QED) is 0.651. The summed E-state index contributed by atoms with van der Waals surface area (Å²) in [6.07, 6.45) is -3.20. The van der Waals surface area contributed by atoms with Crippen molar-refractivity contribution in [1.29, 1.82) is 0 Å². The summed E-state index contributed by atoms with van der Waals surface area (Å²) in [5.41, 5.74) is 7.99. The van der Waals surface area contributed by atoms with Crippen LogP contribution in [-0.2, 0) is 19.0 Å². The van der Waals surface area contributed by atoms with Crippen LogP contribution in [0.2, 0.25) is 0 Å². The highest BCUT2D eigenvalue weighted by Crippen LogP contribution is 2.37. The maximum absolute atomic E-state index is 13.7. The van der Waals surface area contributed by atoms with Crippen LogP contribution in [0.1, 0.15) is 27.0 Å². The number of benzene rings is 3. The predicted molar refractivity (Wildman–Crippen MR) is 107 cm³/mol. The van der Waals surface area contributed by atoms with Crippen molar-refractivity contribution in [3.05, 3.63) is 89.0 Å². The summed E-state index contributed by atoms with van der Waals surface area (Å²) in [4.78, 5) is 13.0. The summed E-state index contributed by atoms with van der Waals surface area (Å²) in [5, 5.41) is 2.65. The lowest BCUT2D eigenvalue weighted by Crippen LogP contribution is -2.20. The minimum atomic E-state index is -4.65. The molecule has 0 aliphatic heterocycles. The van der Waals surface area contributed by atoms with Gasteiger partial charge in [-0.15, -0.1) is 0 Å². The van der Waals surface area contributed by atoms with Gasteiger partial charge in [0.2, 0.25) is 0 Å². The Hall–Kier alpha value is -3.12. The molecule has 0 spiro atoms. The molecule has 1 aliphatic carbocycles. The van der Waals surface area contributed by atoms with E-state index in [9.17, 15) is 18.0 Å². The number of carbonyl (C=O) groups excluding carboxylic acids is 1. The zero-order valence-corrected chi connectivity index (χ0v) is 15.5. The first-order valence-electron chi connectivity index (χ1n) is 9.27. The van der Waals surface area contributed by atoms with Crippen LogP contribution in [-0.4, -0.2) is 11.9 Å². The highest BCUT2D eigenvalue weighted by atomic mass is 19.4. The lowest BCUT2D eigenvalue weighted by atomic mass is 9.94. The van der Waals surface area contributed by atoms with E-state index in [0.29, 0.717) is 17.7 Å². The summed E-state index contributed by atoms with van der Waals surface area (Å²) in [6.45, 7) is 0. The van der Waals surface area contributed by atoms with E-state index in [1.807, 2.05) is 6.07 Å². The zero-order valence-electron chi connectivity index (χ0n) is 15.5. The standard InChI is InChI=1S/C23H19F3N2O/c24-23(25,26)20-8-4-7-19(14-5-2-1-3-6-14)21(20)22(29)28-18-10-9-15-11-17(27)12-16(15)13-18/h1-10,13,17H,11-12,27H2,(H,28,29)/t17-/m0/s1. The van der Waals surface area contributed by atoms with E-state index in [4.69, 9.17) is 5.73 Å². The van der Waals surface area contributed by atoms with Crippen LogP contribution in [0.25, 0.3) is 11.1 Å². The number of anilines is 1. The van der Waals surface area contributed by atoms with E-state index < -0.39 is 17.6 Å². The Balaban J connectivity index is 1.75. The number of rotatable bonds is 3. The second-order valence-corrected chi connectivity index (χ2v) is 7.20. The molecule has 29 heavy (non-hydrogen) atoms. The maximum atomic E-state index is 13.7. The van der Waals surface area contributed by atoms with Gasteiger partial charge in [0, 0.05) is 11.7 Å². The second kappa shape index (κ2) is 7.37. The Kier molecular flexibility index (Phi) is 4.88. The zero-order chi connectivity index (χ0) is 20.6. The second-order valence-electron chi connectivity index (χ2n) is 7.20. The van der Waals surface area contributed by atoms with Gasteiger partial charge in [0.25, 0.3) is 5.91 Å². The summed E-state index contributed by atoms with van der Waals surface area (Å²) in [5.74, 6) is -0.793. The number of nitrogens with one attached hydrogen (secondary N) is 1. The van der Waals surface area contributed by atoms with Crippen molar-refractivity contribution in [3.63, 3.8) is 0 Å². The molecule has 1 aliphatic rings. The van der Waals surface area contributed by atoms with Gasteiger partial charge >= 0.3 is 6.18 Å². The van der Waals surface area contributed by atoms with Crippen molar-refractivity contribution in [2.45, 2.75) is 25.1 Å². The molecule has 1 atom stereocenters. The van der Waals surface area contributed by atoms with Crippen LogP contribution >= 0.6 is 0 Å². The molecule has 0 fully saturated rings. The lowest BCUT2D eigenvalue weighted by molar-refractivity contribution is -0.137. The number of alkyl halides is 3. The maximum Gasteiger partial charge on any atom is 0.417 e. The fraction of sp³-hybridized carbons (Fsp3) is 0.174. The Bertz CT molecular complexity index is 1060. The number of nitrogens with two attached hydrogens (primary N) is 1. The van der Waals surface area contributed by atoms with Crippen LogP contribution in [0.4, 0.5) is 18.9 Å². The Morgan fingerprint density at radius 1 is 0.931 bits per heavy atom. The van der Waals surface area contributed by atoms with Gasteiger partial charge in [-0.25, -0.2) is 0 Å². The molecule has 0 bridgehead atoms. The smallest absolute Gasteiger partial charge is 0.327 e. The molecule has 6 heteroatoms. The number of hydrogen-bond acceptors (Lipinski definition) is 2. The molecule has 1 amide bonds. The number of fused-ring (bicyclic) bond motifs is 1. The monoisotopic (exact) mass is 396 g/mol. The van der Waals surface area contributed by atoms with Gasteiger partial charge in [-0.3, -0.25) is 4.79 Å². The van der Waals surface area contributed by atoms with Crippen molar-refractivity contribution in [2.75, 3.05) is 5.32 Å². The normalized spacial score (nSPS) is 15.8. The van der Waals surface area contributed by atoms with Crippen molar-refractivity contribution in [2.24, 2.45) is 5.73 Å². The van der Waals surface area contributed by atoms with E-state index in [1.165, 1.54) is 12.1 Å². The van der Waals surface area contributed by atoms with Crippen LogP contribution in [0.3, 0.4) is 0 Å². The molecule has 148 valence electrons. The number of carbonyl (C=O) groups is 1. The first-order valence-corrected chi connectivity index (χ1v) is 9.27. The molecule has 3 aromatic carbocycles. The molecule has 0 aromatic heterocycles. The number of amides is 1. The van der Waals surface area contributed by atoms with E-state index >= 15 is 0 Å². The molecular weight excluding hydrogens is 377 g/mol. The molecule has 3 nitrogen and oxygen atoms in total. The summed E-state index contributed by atoms with van der Waals surface area (Å²) in [7, 11) is 0. The molecule has 0 unspecified atom stereocenters. The van der Waals surface area contributed by atoms with Crippen molar-refractivity contribution in [1.82, 2.24) is 0 Å². The van der Waals surface area contributed by atoms with E-state index in [1.54, 1.807) is 42.5 Å². The molecule has 0 heterocycles. The molecular formula is C23H19F3N2O. The highest BCUT2D eigenvalue weighted by molar-refractivity contribution is 6.10. The molecule has 0 saturated heterocycles. The average molecular weight is 396 g/mol. The van der Waals surface area contributed by atoms with Crippen LogP contribution in [0.5, 0.6) is 0 Å². The third-order valence-electron chi connectivity index (χ3n) is 5.11. The predicted octanol–water partition coefficient (Wildman–Crippen LogP) is 5.05. The largest absolute Gasteiger partial charge is 0.417 e. The Morgan fingerprint density at radius 3 is 2.38 bits per heavy atom. The minimum absolute atomic E-state index is 0.0339. The molecule has 3 aromatic rings. The van der Waals surface area contributed by atoms with E-state index in [-0.39, 0.29) is 17.2 Å². The molecule has 4 rings (SSSR count). The lowest BCUT2D eigenvalue weighted by Gasteiger charge is -2.17. The first-order chi connectivity index (χ1) is 13.8. The first kappa shape index (κ1) is 19.2. The summed E-state index contributed by atoms with van der Waals surface area (Å²) >= 11 is 0. The van der Waals surface area contributed by atoms with E-state index in [0.717, 1.165) is 23.6 Å². The average Bonchev–Trinajstić information content (AvgIpc) is 3.06. The minimum Gasteiger partial charge on any atom is -0.327 e. The van der Waals surface area contributed by atoms with Crippen LogP contribution in [0.15, 0.2) is 66.7 Å².